The number of nitrogens with zero attached hydrogens (tertiary/aromatic N) is 3. The summed E-state index contributed by atoms with van der Waals surface area (Å²) in [5.41, 5.74) is 2.27. The van der Waals surface area contributed by atoms with Crippen LogP contribution in [0.5, 0.6) is 0 Å². The summed E-state index contributed by atoms with van der Waals surface area (Å²) >= 11 is 0. The average Bonchev–Trinajstić information content (AvgIpc) is 3.17. The van der Waals surface area contributed by atoms with Crippen molar-refractivity contribution in [3.05, 3.63) is 95.6 Å². The molecule has 0 atom stereocenters. The van der Waals surface area contributed by atoms with Crippen LogP contribution in [0.4, 0.5) is 4.39 Å². The van der Waals surface area contributed by atoms with Crippen LogP contribution in [-0.2, 0) is 24.9 Å². The van der Waals surface area contributed by atoms with Gasteiger partial charge in [0, 0.05) is 37.6 Å². The summed E-state index contributed by atoms with van der Waals surface area (Å²) < 4.78 is 15.6. The van der Waals surface area contributed by atoms with Gasteiger partial charge in [-0.2, -0.15) is 0 Å². The molecule has 0 unspecified atom stereocenters. The number of rotatable bonds is 9. The van der Waals surface area contributed by atoms with Gasteiger partial charge in [0.15, 0.2) is 0 Å². The van der Waals surface area contributed by atoms with Crippen molar-refractivity contribution in [1.29, 1.82) is 0 Å². The topological polar surface area (TPSA) is 45.6 Å². The number of halogens is 1. The SMILES string of the molecule is CCCN(CC(=O)N(Cc1ccccc1)Cc1cccn1C)C(=O)c1cccc(F)c1. The molecule has 0 fully saturated rings. The largest absolute Gasteiger partial charge is 0.353 e. The maximum absolute atomic E-state index is 13.6. The lowest BCUT2D eigenvalue weighted by Crippen LogP contribution is -2.43. The molecule has 3 rings (SSSR count). The minimum absolute atomic E-state index is 0.0551. The first-order valence-electron chi connectivity index (χ1n) is 10.4. The highest BCUT2D eigenvalue weighted by atomic mass is 19.1. The summed E-state index contributed by atoms with van der Waals surface area (Å²) in [6.45, 7) is 3.19. The maximum Gasteiger partial charge on any atom is 0.254 e. The summed E-state index contributed by atoms with van der Waals surface area (Å²) in [5.74, 6) is -0.959. The Labute approximate surface area is 182 Å². The van der Waals surface area contributed by atoms with Crippen LogP contribution in [0.2, 0.25) is 0 Å². The first kappa shape index (κ1) is 22.3. The van der Waals surface area contributed by atoms with E-state index >= 15 is 0 Å². The number of hydrogen-bond donors (Lipinski definition) is 0. The predicted octanol–water partition coefficient (Wildman–Crippen LogP) is 4.25. The molecule has 0 spiro atoms. The molecular weight excluding hydrogens is 393 g/mol. The molecule has 1 heterocycles. The second-order valence-corrected chi connectivity index (χ2v) is 7.58. The number of aromatic nitrogens is 1. The van der Waals surface area contributed by atoms with Crippen LogP contribution in [-0.4, -0.2) is 39.3 Å². The van der Waals surface area contributed by atoms with Gasteiger partial charge in [0.25, 0.3) is 5.91 Å². The van der Waals surface area contributed by atoms with Crippen molar-refractivity contribution >= 4 is 11.8 Å². The number of amides is 2. The van der Waals surface area contributed by atoms with E-state index in [2.05, 4.69) is 0 Å². The van der Waals surface area contributed by atoms with Crippen LogP contribution in [0.25, 0.3) is 0 Å². The fourth-order valence-electron chi connectivity index (χ4n) is 3.48. The van der Waals surface area contributed by atoms with Gasteiger partial charge in [-0.3, -0.25) is 9.59 Å². The molecule has 0 saturated carbocycles. The average molecular weight is 422 g/mol. The zero-order valence-electron chi connectivity index (χ0n) is 18.0. The summed E-state index contributed by atoms with van der Waals surface area (Å²) in [4.78, 5) is 29.5. The molecule has 0 radical (unpaired) electrons. The van der Waals surface area contributed by atoms with Gasteiger partial charge < -0.3 is 14.4 Å². The highest BCUT2D eigenvalue weighted by Gasteiger charge is 2.23. The summed E-state index contributed by atoms with van der Waals surface area (Å²) in [5, 5.41) is 0. The first-order valence-corrected chi connectivity index (χ1v) is 10.4. The Bertz CT molecular complexity index is 1020. The normalized spacial score (nSPS) is 10.7. The van der Waals surface area contributed by atoms with E-state index in [1.54, 1.807) is 11.0 Å². The summed E-state index contributed by atoms with van der Waals surface area (Å²) in [6, 6.07) is 19.3. The molecule has 1 aromatic heterocycles. The molecule has 162 valence electrons. The molecule has 0 N–H and O–H groups in total. The predicted molar refractivity (Wildman–Crippen MR) is 119 cm³/mol. The lowest BCUT2D eigenvalue weighted by molar-refractivity contribution is -0.133. The molecular formula is C25H28FN3O2. The summed E-state index contributed by atoms with van der Waals surface area (Å²) in [7, 11) is 1.94. The molecule has 2 aromatic carbocycles. The van der Waals surface area contributed by atoms with E-state index in [0.717, 1.165) is 11.3 Å². The van der Waals surface area contributed by atoms with Crippen LogP contribution in [0.1, 0.15) is 35.0 Å². The fourth-order valence-corrected chi connectivity index (χ4v) is 3.48. The maximum atomic E-state index is 13.6. The van der Waals surface area contributed by atoms with E-state index in [-0.39, 0.29) is 23.9 Å². The molecule has 0 aliphatic heterocycles. The van der Waals surface area contributed by atoms with E-state index in [1.165, 1.54) is 23.1 Å². The van der Waals surface area contributed by atoms with Crippen molar-refractivity contribution in [3.8, 4) is 0 Å². The Morgan fingerprint density at radius 1 is 0.935 bits per heavy atom. The molecule has 0 saturated heterocycles. The highest BCUT2D eigenvalue weighted by Crippen LogP contribution is 2.13. The zero-order valence-corrected chi connectivity index (χ0v) is 18.0. The molecule has 6 heteroatoms. The van der Waals surface area contributed by atoms with Gasteiger partial charge in [-0.25, -0.2) is 4.39 Å². The van der Waals surface area contributed by atoms with E-state index in [1.807, 2.05) is 67.2 Å². The van der Waals surface area contributed by atoms with Crippen LogP contribution in [0.3, 0.4) is 0 Å². The quantitative estimate of drug-likeness (QED) is 0.519. The Kier molecular flexibility index (Phi) is 7.60. The number of carbonyl (C=O) groups is 2. The molecule has 2 amide bonds. The van der Waals surface area contributed by atoms with Crippen molar-refractivity contribution < 1.29 is 14.0 Å². The van der Waals surface area contributed by atoms with Gasteiger partial charge in [-0.15, -0.1) is 0 Å². The van der Waals surface area contributed by atoms with E-state index in [9.17, 15) is 14.0 Å². The van der Waals surface area contributed by atoms with Crippen LogP contribution >= 0.6 is 0 Å². The van der Waals surface area contributed by atoms with E-state index in [0.29, 0.717) is 26.1 Å². The van der Waals surface area contributed by atoms with Crippen LogP contribution in [0, 0.1) is 5.82 Å². The second-order valence-electron chi connectivity index (χ2n) is 7.58. The number of carbonyl (C=O) groups excluding carboxylic acids is 2. The van der Waals surface area contributed by atoms with Crippen molar-refractivity contribution in [3.63, 3.8) is 0 Å². The van der Waals surface area contributed by atoms with Crippen molar-refractivity contribution in [2.24, 2.45) is 7.05 Å². The van der Waals surface area contributed by atoms with Gasteiger partial charge in [-0.1, -0.05) is 43.3 Å². The second kappa shape index (κ2) is 10.6. The highest BCUT2D eigenvalue weighted by molar-refractivity contribution is 5.96. The van der Waals surface area contributed by atoms with E-state index < -0.39 is 5.82 Å². The third kappa shape index (κ3) is 6.04. The lowest BCUT2D eigenvalue weighted by Gasteiger charge is -2.28. The molecule has 5 nitrogen and oxygen atoms in total. The molecule has 3 aromatic rings. The third-order valence-corrected chi connectivity index (χ3v) is 5.15. The molecule has 0 aliphatic rings. The van der Waals surface area contributed by atoms with Gasteiger partial charge >= 0.3 is 0 Å². The third-order valence-electron chi connectivity index (χ3n) is 5.15. The van der Waals surface area contributed by atoms with Gasteiger partial charge in [-0.05, 0) is 42.3 Å². The monoisotopic (exact) mass is 421 g/mol. The lowest BCUT2D eigenvalue weighted by atomic mass is 10.1. The Morgan fingerprint density at radius 3 is 2.35 bits per heavy atom. The Hall–Kier alpha value is -3.41. The number of benzene rings is 2. The minimum atomic E-state index is -0.469. The van der Waals surface area contributed by atoms with Gasteiger partial charge in [0.2, 0.25) is 5.91 Å². The Morgan fingerprint density at radius 2 is 1.71 bits per heavy atom. The summed E-state index contributed by atoms with van der Waals surface area (Å²) in [6.07, 6.45) is 2.64. The van der Waals surface area contributed by atoms with Crippen molar-refractivity contribution in [2.45, 2.75) is 26.4 Å². The molecule has 0 aliphatic carbocycles. The van der Waals surface area contributed by atoms with Crippen LogP contribution in [0.15, 0.2) is 72.9 Å². The molecule has 0 bridgehead atoms. The van der Waals surface area contributed by atoms with Gasteiger partial charge in [0.05, 0.1) is 6.54 Å². The van der Waals surface area contributed by atoms with Gasteiger partial charge in [0.1, 0.15) is 12.4 Å². The number of hydrogen-bond acceptors (Lipinski definition) is 2. The van der Waals surface area contributed by atoms with Crippen LogP contribution < -0.4 is 0 Å². The fraction of sp³-hybridized carbons (Fsp3) is 0.280. The van der Waals surface area contributed by atoms with E-state index in [4.69, 9.17) is 0 Å². The number of aryl methyl sites for hydroxylation is 1. The smallest absolute Gasteiger partial charge is 0.254 e. The van der Waals surface area contributed by atoms with Crippen molar-refractivity contribution in [2.75, 3.05) is 13.1 Å². The first-order chi connectivity index (χ1) is 15.0. The standard InChI is InChI=1S/C25H28FN3O2/c1-3-14-28(25(31)21-11-7-12-22(26)16-21)19-24(30)29(17-20-9-5-4-6-10-20)18-23-13-8-15-27(23)2/h4-13,15-16H,3,14,17-19H2,1-2H3. The molecule has 31 heavy (non-hydrogen) atoms. The van der Waals surface area contributed by atoms with Crippen molar-refractivity contribution in [1.82, 2.24) is 14.4 Å². The zero-order chi connectivity index (χ0) is 22.2. The Balaban J connectivity index is 1.80. The minimum Gasteiger partial charge on any atom is -0.353 e.